The number of benzene rings is 2. The van der Waals surface area contributed by atoms with Crippen LogP contribution in [0.3, 0.4) is 0 Å². The summed E-state index contributed by atoms with van der Waals surface area (Å²) in [5.41, 5.74) is 8.94. The van der Waals surface area contributed by atoms with Crippen LogP contribution in [-0.2, 0) is 0 Å². The van der Waals surface area contributed by atoms with Crippen molar-refractivity contribution in [1.29, 1.82) is 0 Å². The number of para-hydroxylation sites is 1. The van der Waals surface area contributed by atoms with Crippen LogP contribution < -0.4 is 5.73 Å². The molecule has 0 bridgehead atoms. The van der Waals surface area contributed by atoms with Gasteiger partial charge in [0.1, 0.15) is 5.75 Å². The molecule has 1 aliphatic carbocycles. The summed E-state index contributed by atoms with van der Waals surface area (Å²) in [7, 11) is 0. The Morgan fingerprint density at radius 1 is 1.05 bits per heavy atom. The van der Waals surface area contributed by atoms with Crippen molar-refractivity contribution in [3.8, 4) is 5.75 Å². The molecule has 2 unspecified atom stereocenters. The van der Waals surface area contributed by atoms with Crippen LogP contribution in [0.4, 0.5) is 5.69 Å². The van der Waals surface area contributed by atoms with E-state index in [1.54, 1.807) is 6.07 Å². The van der Waals surface area contributed by atoms with E-state index >= 15 is 0 Å². The van der Waals surface area contributed by atoms with Gasteiger partial charge in [0.2, 0.25) is 0 Å². The molecule has 3 rings (SSSR count). The largest absolute Gasteiger partial charge is 0.508 e. The minimum atomic E-state index is 0.278. The second kappa shape index (κ2) is 5.41. The first-order chi connectivity index (χ1) is 9.75. The van der Waals surface area contributed by atoms with Crippen LogP contribution in [0, 0.1) is 0 Å². The van der Waals surface area contributed by atoms with Crippen LogP contribution in [0.5, 0.6) is 5.75 Å². The van der Waals surface area contributed by atoms with Crippen molar-refractivity contribution in [1.82, 2.24) is 0 Å². The first-order valence-electron chi connectivity index (χ1n) is 7.05. The molecule has 0 aromatic heterocycles. The molecule has 102 valence electrons. The average Bonchev–Trinajstić information content (AvgIpc) is 2.48. The van der Waals surface area contributed by atoms with Crippen LogP contribution in [0.2, 0.25) is 0 Å². The highest BCUT2D eigenvalue weighted by Crippen LogP contribution is 2.43. The average molecular weight is 265 g/mol. The molecule has 0 saturated carbocycles. The lowest BCUT2D eigenvalue weighted by molar-refractivity contribution is 0.448. The fourth-order valence-electron chi connectivity index (χ4n) is 3.09. The highest BCUT2D eigenvalue weighted by Gasteiger charge is 2.26. The third kappa shape index (κ3) is 2.42. The van der Waals surface area contributed by atoms with Crippen LogP contribution in [0.1, 0.15) is 35.8 Å². The smallest absolute Gasteiger partial charge is 0.119 e. The lowest BCUT2D eigenvalue weighted by atomic mass is 9.75. The second-order valence-corrected chi connectivity index (χ2v) is 5.37. The standard InChI is InChI=1S/C18H19NO/c19-14-7-5-6-13(12-14)15-8-1-2-9-16(15)17-10-3-4-11-18(17)20/h1,3-8,10-12,15-16,20H,2,9,19H2. The lowest BCUT2D eigenvalue weighted by Gasteiger charge is -2.29. The zero-order valence-corrected chi connectivity index (χ0v) is 11.4. The number of rotatable bonds is 2. The molecule has 20 heavy (non-hydrogen) atoms. The van der Waals surface area contributed by atoms with Crippen LogP contribution >= 0.6 is 0 Å². The first kappa shape index (κ1) is 12.8. The Bertz CT molecular complexity index is 633. The van der Waals surface area contributed by atoms with Gasteiger partial charge in [-0.2, -0.15) is 0 Å². The molecule has 0 spiro atoms. The van der Waals surface area contributed by atoms with E-state index < -0.39 is 0 Å². The van der Waals surface area contributed by atoms with Crippen molar-refractivity contribution in [2.75, 3.05) is 5.73 Å². The van der Waals surface area contributed by atoms with E-state index in [9.17, 15) is 5.11 Å². The summed E-state index contributed by atoms with van der Waals surface area (Å²) in [6.07, 6.45) is 6.57. The molecule has 0 saturated heterocycles. The topological polar surface area (TPSA) is 46.2 Å². The number of nitrogen functional groups attached to an aromatic ring is 1. The van der Waals surface area contributed by atoms with Gasteiger partial charge in [-0.25, -0.2) is 0 Å². The van der Waals surface area contributed by atoms with E-state index in [1.807, 2.05) is 36.4 Å². The first-order valence-corrected chi connectivity index (χ1v) is 7.05. The number of hydrogen-bond acceptors (Lipinski definition) is 2. The molecular formula is C18H19NO. The maximum Gasteiger partial charge on any atom is 0.119 e. The van der Waals surface area contributed by atoms with Crippen LogP contribution in [0.25, 0.3) is 0 Å². The normalized spacial score (nSPS) is 21.8. The molecular weight excluding hydrogens is 246 g/mol. The van der Waals surface area contributed by atoms with Crippen molar-refractivity contribution in [2.24, 2.45) is 0 Å². The summed E-state index contributed by atoms with van der Waals surface area (Å²) in [5, 5.41) is 10.1. The minimum absolute atomic E-state index is 0.278. The summed E-state index contributed by atoms with van der Waals surface area (Å²) < 4.78 is 0. The third-order valence-corrected chi connectivity index (χ3v) is 4.05. The summed E-state index contributed by atoms with van der Waals surface area (Å²) in [6, 6.07) is 15.7. The Hall–Kier alpha value is -2.22. The van der Waals surface area contributed by atoms with Crippen molar-refractivity contribution in [3.63, 3.8) is 0 Å². The quantitative estimate of drug-likeness (QED) is 0.631. The Morgan fingerprint density at radius 2 is 1.90 bits per heavy atom. The van der Waals surface area contributed by atoms with Crippen molar-refractivity contribution in [3.05, 3.63) is 71.8 Å². The lowest BCUT2D eigenvalue weighted by Crippen LogP contribution is -2.13. The molecule has 3 N–H and O–H groups in total. The summed E-state index contributed by atoms with van der Waals surface area (Å²) in [5.74, 6) is 0.977. The summed E-state index contributed by atoms with van der Waals surface area (Å²) in [4.78, 5) is 0. The van der Waals surface area contributed by atoms with Gasteiger partial charge in [-0.1, -0.05) is 42.5 Å². The van der Waals surface area contributed by atoms with E-state index in [4.69, 9.17) is 5.73 Å². The van der Waals surface area contributed by atoms with E-state index in [-0.39, 0.29) is 5.92 Å². The molecule has 1 aliphatic rings. The highest BCUT2D eigenvalue weighted by molar-refractivity contribution is 5.46. The van der Waals surface area contributed by atoms with Crippen molar-refractivity contribution in [2.45, 2.75) is 24.7 Å². The number of hydrogen-bond donors (Lipinski definition) is 2. The molecule has 0 fully saturated rings. The minimum Gasteiger partial charge on any atom is -0.508 e. The van der Waals surface area contributed by atoms with E-state index in [1.165, 1.54) is 5.56 Å². The molecule has 0 heterocycles. The third-order valence-electron chi connectivity index (χ3n) is 4.05. The van der Waals surface area contributed by atoms with Crippen LogP contribution in [-0.4, -0.2) is 5.11 Å². The van der Waals surface area contributed by atoms with Crippen molar-refractivity contribution < 1.29 is 5.11 Å². The van der Waals surface area contributed by atoms with Gasteiger partial charge >= 0.3 is 0 Å². The summed E-state index contributed by atoms with van der Waals surface area (Å²) >= 11 is 0. The van der Waals surface area contributed by atoms with Gasteiger partial charge in [0.05, 0.1) is 0 Å². The maximum atomic E-state index is 10.1. The molecule has 0 aliphatic heterocycles. The maximum absolute atomic E-state index is 10.1. The number of allylic oxidation sites excluding steroid dienone is 2. The molecule has 2 nitrogen and oxygen atoms in total. The Labute approximate surface area is 119 Å². The molecule has 2 aromatic carbocycles. The van der Waals surface area contributed by atoms with Crippen LogP contribution in [0.15, 0.2) is 60.7 Å². The molecule has 2 heteroatoms. The van der Waals surface area contributed by atoms with Gasteiger partial charge in [0.15, 0.2) is 0 Å². The zero-order chi connectivity index (χ0) is 13.9. The fourth-order valence-corrected chi connectivity index (χ4v) is 3.09. The predicted molar refractivity (Wildman–Crippen MR) is 82.8 cm³/mol. The number of nitrogens with two attached hydrogens (primary N) is 1. The van der Waals surface area contributed by atoms with Gasteiger partial charge in [0.25, 0.3) is 0 Å². The highest BCUT2D eigenvalue weighted by atomic mass is 16.3. The Morgan fingerprint density at radius 3 is 2.70 bits per heavy atom. The van der Waals surface area contributed by atoms with Crippen molar-refractivity contribution >= 4 is 5.69 Å². The fraction of sp³-hybridized carbons (Fsp3) is 0.222. The zero-order valence-electron chi connectivity index (χ0n) is 11.4. The Balaban J connectivity index is 2.02. The monoisotopic (exact) mass is 265 g/mol. The molecule has 2 atom stereocenters. The molecule has 0 amide bonds. The predicted octanol–water partition coefficient (Wildman–Crippen LogP) is 4.19. The molecule has 0 radical (unpaired) electrons. The summed E-state index contributed by atoms with van der Waals surface area (Å²) in [6.45, 7) is 0. The van der Waals surface area contributed by atoms with Gasteiger partial charge in [-0.05, 0) is 48.1 Å². The number of anilines is 1. The van der Waals surface area contributed by atoms with Gasteiger partial charge in [-0.15, -0.1) is 0 Å². The SMILES string of the molecule is Nc1cccc(C2C=CCCC2c2ccccc2O)c1. The van der Waals surface area contributed by atoms with E-state index in [2.05, 4.69) is 18.2 Å². The van der Waals surface area contributed by atoms with E-state index in [0.29, 0.717) is 11.7 Å². The second-order valence-electron chi connectivity index (χ2n) is 5.37. The van der Waals surface area contributed by atoms with Gasteiger partial charge < -0.3 is 10.8 Å². The van der Waals surface area contributed by atoms with Gasteiger partial charge in [-0.3, -0.25) is 0 Å². The number of aromatic hydroxyl groups is 1. The van der Waals surface area contributed by atoms with Gasteiger partial charge in [0, 0.05) is 11.6 Å². The molecule has 2 aromatic rings. The Kier molecular flexibility index (Phi) is 3.46. The van der Waals surface area contributed by atoms with E-state index in [0.717, 1.165) is 24.1 Å². The number of phenols is 1. The number of phenolic OH excluding ortho intramolecular Hbond substituents is 1.